The molecule has 76 valence electrons. The number of ketones is 1. The van der Waals surface area contributed by atoms with Gasteiger partial charge in [-0.1, -0.05) is 0 Å². The predicted octanol–water partition coefficient (Wildman–Crippen LogP) is 3.81. The number of Topliss-reactive ketones (excluding diaryl/α,β-unsaturated/α-hetero) is 1. The van der Waals surface area contributed by atoms with Gasteiger partial charge in [0.1, 0.15) is 5.75 Å². The number of hydrogen-bond donors (Lipinski definition) is 0. The van der Waals surface area contributed by atoms with Gasteiger partial charge in [-0.15, -0.1) is 0 Å². The highest BCUT2D eigenvalue weighted by Crippen LogP contribution is 2.35. The fraction of sp³-hybridized carbons (Fsp3) is 0.300. The maximum atomic E-state index is 11.3. The fourth-order valence-electron chi connectivity index (χ4n) is 1.09. The number of hydrogen-bond acceptors (Lipinski definition) is 2. The predicted molar refractivity (Wildman–Crippen MR) is 63.0 cm³/mol. The van der Waals surface area contributed by atoms with Crippen LogP contribution in [0, 0.1) is 0 Å². The van der Waals surface area contributed by atoms with Crippen LogP contribution in [0.3, 0.4) is 0 Å². The van der Waals surface area contributed by atoms with E-state index in [1.54, 1.807) is 6.07 Å². The van der Waals surface area contributed by atoms with E-state index in [4.69, 9.17) is 4.74 Å². The second-order valence-electron chi connectivity index (χ2n) is 2.73. The van der Waals surface area contributed by atoms with Crippen molar-refractivity contribution < 1.29 is 9.53 Å². The molecule has 2 nitrogen and oxygen atoms in total. The van der Waals surface area contributed by atoms with E-state index in [1.807, 2.05) is 13.0 Å². The topological polar surface area (TPSA) is 26.3 Å². The molecule has 1 aromatic carbocycles. The van der Waals surface area contributed by atoms with Crippen molar-refractivity contribution >= 4 is 37.6 Å². The Morgan fingerprint density at radius 2 is 2.07 bits per heavy atom. The van der Waals surface area contributed by atoms with Crippen LogP contribution >= 0.6 is 31.9 Å². The van der Waals surface area contributed by atoms with E-state index in [1.165, 1.54) is 6.92 Å². The van der Waals surface area contributed by atoms with Gasteiger partial charge in [0, 0.05) is 4.47 Å². The van der Waals surface area contributed by atoms with Crippen LogP contribution in [-0.4, -0.2) is 12.4 Å². The summed E-state index contributed by atoms with van der Waals surface area (Å²) < 4.78 is 7.08. The number of halogens is 2. The Labute approximate surface area is 99.9 Å². The SMILES string of the molecule is CCOc1c(C(C)=O)ccc(Br)c1Br. The minimum Gasteiger partial charge on any atom is -0.492 e. The smallest absolute Gasteiger partial charge is 0.163 e. The van der Waals surface area contributed by atoms with E-state index >= 15 is 0 Å². The molecule has 0 N–H and O–H groups in total. The van der Waals surface area contributed by atoms with Crippen LogP contribution in [0.15, 0.2) is 21.1 Å². The van der Waals surface area contributed by atoms with Crippen LogP contribution in [0.25, 0.3) is 0 Å². The van der Waals surface area contributed by atoms with Crippen LogP contribution in [0.2, 0.25) is 0 Å². The number of ether oxygens (including phenoxy) is 1. The largest absolute Gasteiger partial charge is 0.492 e. The van der Waals surface area contributed by atoms with Gasteiger partial charge in [0.15, 0.2) is 5.78 Å². The van der Waals surface area contributed by atoms with Gasteiger partial charge in [-0.3, -0.25) is 4.79 Å². The summed E-state index contributed by atoms with van der Waals surface area (Å²) in [7, 11) is 0. The van der Waals surface area contributed by atoms with Crippen molar-refractivity contribution in [3.05, 3.63) is 26.6 Å². The van der Waals surface area contributed by atoms with E-state index in [2.05, 4.69) is 31.9 Å². The highest BCUT2D eigenvalue weighted by molar-refractivity contribution is 9.13. The molecule has 0 aliphatic heterocycles. The Balaban J connectivity index is 3.29. The minimum atomic E-state index is 0.00153. The number of carbonyl (C=O) groups is 1. The summed E-state index contributed by atoms with van der Waals surface area (Å²) in [6.07, 6.45) is 0. The number of rotatable bonds is 3. The van der Waals surface area contributed by atoms with Crippen LogP contribution < -0.4 is 4.74 Å². The maximum absolute atomic E-state index is 11.3. The molecule has 0 aromatic heterocycles. The molecule has 0 fully saturated rings. The monoisotopic (exact) mass is 320 g/mol. The van der Waals surface area contributed by atoms with E-state index in [0.717, 1.165) is 8.95 Å². The van der Waals surface area contributed by atoms with Gasteiger partial charge in [0.25, 0.3) is 0 Å². The lowest BCUT2D eigenvalue weighted by Crippen LogP contribution is -2.01. The third kappa shape index (κ3) is 2.36. The fourth-order valence-corrected chi connectivity index (χ4v) is 1.87. The standard InChI is InChI=1S/C10H10Br2O2/c1-3-14-10-7(6(2)13)4-5-8(11)9(10)12/h4-5H,3H2,1-2H3. The van der Waals surface area contributed by atoms with Gasteiger partial charge in [0.05, 0.1) is 16.6 Å². The lowest BCUT2D eigenvalue weighted by atomic mass is 10.1. The van der Waals surface area contributed by atoms with Crippen molar-refractivity contribution in [1.82, 2.24) is 0 Å². The lowest BCUT2D eigenvalue weighted by molar-refractivity contribution is 0.101. The second-order valence-corrected chi connectivity index (χ2v) is 4.37. The summed E-state index contributed by atoms with van der Waals surface area (Å²) in [5.41, 5.74) is 0.599. The van der Waals surface area contributed by atoms with E-state index in [0.29, 0.717) is 17.9 Å². The van der Waals surface area contributed by atoms with Gasteiger partial charge in [-0.05, 0) is 57.8 Å². The van der Waals surface area contributed by atoms with Crippen molar-refractivity contribution in [2.24, 2.45) is 0 Å². The Morgan fingerprint density at radius 1 is 1.43 bits per heavy atom. The van der Waals surface area contributed by atoms with Crippen molar-refractivity contribution in [2.45, 2.75) is 13.8 Å². The van der Waals surface area contributed by atoms with Crippen molar-refractivity contribution in [3.8, 4) is 5.75 Å². The summed E-state index contributed by atoms with van der Waals surface area (Å²) >= 11 is 6.74. The average Bonchev–Trinajstić information content (AvgIpc) is 2.13. The van der Waals surface area contributed by atoms with Gasteiger partial charge in [0.2, 0.25) is 0 Å². The molecule has 0 unspecified atom stereocenters. The maximum Gasteiger partial charge on any atom is 0.163 e. The summed E-state index contributed by atoms with van der Waals surface area (Å²) in [5.74, 6) is 0.607. The second kappa shape index (κ2) is 4.94. The molecular weight excluding hydrogens is 312 g/mol. The average molecular weight is 322 g/mol. The molecule has 0 atom stereocenters. The van der Waals surface area contributed by atoms with Gasteiger partial charge in [-0.2, -0.15) is 0 Å². The van der Waals surface area contributed by atoms with Gasteiger partial charge < -0.3 is 4.74 Å². The van der Waals surface area contributed by atoms with Crippen LogP contribution in [0.5, 0.6) is 5.75 Å². The minimum absolute atomic E-state index is 0.00153. The summed E-state index contributed by atoms with van der Waals surface area (Å²) in [6.45, 7) is 3.95. The first-order valence-electron chi connectivity index (χ1n) is 4.19. The molecule has 0 aliphatic carbocycles. The molecule has 4 heteroatoms. The molecule has 0 heterocycles. The number of carbonyl (C=O) groups excluding carboxylic acids is 1. The van der Waals surface area contributed by atoms with E-state index in [-0.39, 0.29) is 5.78 Å². The molecule has 14 heavy (non-hydrogen) atoms. The molecule has 0 spiro atoms. The molecule has 1 rings (SSSR count). The van der Waals surface area contributed by atoms with Crippen molar-refractivity contribution in [2.75, 3.05) is 6.61 Å². The van der Waals surface area contributed by atoms with Crippen molar-refractivity contribution in [3.63, 3.8) is 0 Å². The molecule has 0 saturated heterocycles. The quantitative estimate of drug-likeness (QED) is 0.791. The zero-order valence-corrected chi connectivity index (χ0v) is 11.1. The highest BCUT2D eigenvalue weighted by Gasteiger charge is 2.13. The van der Waals surface area contributed by atoms with Crippen LogP contribution in [-0.2, 0) is 0 Å². The lowest BCUT2D eigenvalue weighted by Gasteiger charge is -2.11. The highest BCUT2D eigenvalue weighted by atomic mass is 79.9. The first kappa shape index (κ1) is 11.7. The van der Waals surface area contributed by atoms with E-state index < -0.39 is 0 Å². The van der Waals surface area contributed by atoms with Gasteiger partial charge >= 0.3 is 0 Å². The molecule has 0 amide bonds. The zero-order chi connectivity index (χ0) is 10.7. The molecule has 0 saturated carbocycles. The third-order valence-corrected chi connectivity index (χ3v) is 3.70. The molecule has 1 aromatic rings. The Kier molecular flexibility index (Phi) is 4.13. The van der Waals surface area contributed by atoms with E-state index in [9.17, 15) is 4.79 Å². The Hall–Kier alpha value is -0.350. The normalized spacial score (nSPS) is 10.0. The number of benzene rings is 1. The third-order valence-electron chi connectivity index (χ3n) is 1.72. The Morgan fingerprint density at radius 3 is 2.57 bits per heavy atom. The summed E-state index contributed by atoms with van der Waals surface area (Å²) in [5, 5.41) is 0. The molecule has 0 bridgehead atoms. The van der Waals surface area contributed by atoms with Crippen LogP contribution in [0.4, 0.5) is 0 Å². The Bertz CT molecular complexity index is 361. The molecular formula is C10H10Br2O2. The first-order chi connectivity index (χ1) is 6.57. The van der Waals surface area contributed by atoms with Gasteiger partial charge in [-0.25, -0.2) is 0 Å². The summed E-state index contributed by atoms with van der Waals surface area (Å²) in [6, 6.07) is 3.57. The molecule has 0 aliphatic rings. The van der Waals surface area contributed by atoms with Crippen LogP contribution in [0.1, 0.15) is 24.2 Å². The zero-order valence-electron chi connectivity index (χ0n) is 7.93. The summed E-state index contributed by atoms with van der Waals surface area (Å²) in [4.78, 5) is 11.3. The first-order valence-corrected chi connectivity index (χ1v) is 5.78. The van der Waals surface area contributed by atoms with Crippen molar-refractivity contribution in [1.29, 1.82) is 0 Å². The molecule has 0 radical (unpaired) electrons.